The number of carbonyl (C=O) groups excluding carboxylic acids is 2. The van der Waals surface area contributed by atoms with Crippen molar-refractivity contribution in [2.75, 3.05) is 5.32 Å². The maximum absolute atomic E-state index is 13.5. The second kappa shape index (κ2) is 6.08. The molecule has 5 nitrogen and oxygen atoms in total. The summed E-state index contributed by atoms with van der Waals surface area (Å²) in [5, 5.41) is 2.42. The highest BCUT2D eigenvalue weighted by molar-refractivity contribution is 6.05. The van der Waals surface area contributed by atoms with E-state index in [-0.39, 0.29) is 6.42 Å². The Morgan fingerprint density at radius 1 is 1.19 bits per heavy atom. The summed E-state index contributed by atoms with van der Waals surface area (Å²) in [5.74, 6) is -4.10. The van der Waals surface area contributed by atoms with Gasteiger partial charge in [-0.15, -0.1) is 0 Å². The van der Waals surface area contributed by atoms with Crippen molar-refractivity contribution in [2.24, 2.45) is 5.73 Å². The predicted molar refractivity (Wildman–Crippen MR) is 71.4 cm³/mol. The Labute approximate surface area is 118 Å². The number of hydrogen-bond donors (Lipinski definition) is 2. The van der Waals surface area contributed by atoms with Gasteiger partial charge in [0.1, 0.15) is 0 Å². The van der Waals surface area contributed by atoms with Gasteiger partial charge in [0.05, 0.1) is 12.0 Å². The first kappa shape index (κ1) is 14.6. The number of halogens is 2. The molecular weight excluding hydrogens is 280 g/mol. The molecule has 0 aliphatic carbocycles. The predicted octanol–water partition coefficient (Wildman–Crippen LogP) is 1.64. The summed E-state index contributed by atoms with van der Waals surface area (Å²) in [6.07, 6.45) is 0.909. The minimum Gasteiger partial charge on any atom is -0.369 e. The molecule has 7 heteroatoms. The van der Waals surface area contributed by atoms with Gasteiger partial charge in [-0.3, -0.25) is 9.59 Å². The van der Waals surface area contributed by atoms with Crippen molar-refractivity contribution in [2.45, 2.75) is 6.42 Å². The Morgan fingerprint density at radius 2 is 1.90 bits per heavy atom. The quantitative estimate of drug-likeness (QED) is 0.840. The van der Waals surface area contributed by atoms with E-state index in [1.165, 1.54) is 6.07 Å². The molecule has 0 aliphatic heterocycles. The largest absolute Gasteiger partial charge is 0.369 e. The summed E-state index contributed by atoms with van der Waals surface area (Å²) in [5.41, 5.74) is 5.42. The fraction of sp³-hybridized carbons (Fsp3) is 0.0714. The van der Waals surface area contributed by atoms with Crippen molar-refractivity contribution in [3.8, 4) is 0 Å². The molecule has 2 aromatic rings. The number of aromatic nitrogens is 1. The van der Waals surface area contributed by atoms with Crippen LogP contribution in [0.15, 0.2) is 36.5 Å². The van der Waals surface area contributed by atoms with Gasteiger partial charge in [-0.1, -0.05) is 18.2 Å². The fourth-order valence-electron chi connectivity index (χ4n) is 1.77. The van der Waals surface area contributed by atoms with Crippen molar-refractivity contribution in [1.82, 2.24) is 4.98 Å². The maximum atomic E-state index is 13.5. The number of amides is 2. The molecule has 2 rings (SSSR count). The molecule has 1 aromatic heterocycles. The van der Waals surface area contributed by atoms with Gasteiger partial charge in [-0.25, -0.2) is 9.37 Å². The lowest BCUT2D eigenvalue weighted by Gasteiger charge is -2.10. The molecule has 0 bridgehead atoms. The number of para-hydroxylation sites is 1. The molecule has 108 valence electrons. The molecule has 0 unspecified atom stereocenters. The molecule has 21 heavy (non-hydrogen) atoms. The van der Waals surface area contributed by atoms with Crippen molar-refractivity contribution in [3.05, 3.63) is 59.4 Å². The zero-order valence-corrected chi connectivity index (χ0v) is 10.8. The number of anilines is 1. The third-order valence-corrected chi connectivity index (χ3v) is 2.72. The summed E-state index contributed by atoms with van der Waals surface area (Å²) >= 11 is 0. The summed E-state index contributed by atoms with van der Waals surface area (Å²) < 4.78 is 26.5. The lowest BCUT2D eigenvalue weighted by Crippen LogP contribution is -2.18. The number of hydrogen-bond acceptors (Lipinski definition) is 3. The van der Waals surface area contributed by atoms with E-state index >= 15 is 0 Å². The lowest BCUT2D eigenvalue weighted by atomic mass is 10.1. The number of benzene rings is 1. The average Bonchev–Trinajstić information content (AvgIpc) is 2.43. The Balaban J connectivity index is 2.28. The Kier molecular flexibility index (Phi) is 4.22. The van der Waals surface area contributed by atoms with Gasteiger partial charge >= 0.3 is 0 Å². The Morgan fingerprint density at radius 3 is 2.62 bits per heavy atom. The first-order valence-corrected chi connectivity index (χ1v) is 5.96. The molecular formula is C14H11F2N3O2. The molecule has 0 fully saturated rings. The third-order valence-electron chi connectivity index (χ3n) is 2.72. The van der Waals surface area contributed by atoms with E-state index < -0.39 is 29.1 Å². The van der Waals surface area contributed by atoms with E-state index in [1.54, 1.807) is 18.2 Å². The number of primary amides is 1. The van der Waals surface area contributed by atoms with Crippen LogP contribution in [0, 0.1) is 11.8 Å². The lowest BCUT2D eigenvalue weighted by molar-refractivity contribution is -0.117. The van der Waals surface area contributed by atoms with Gasteiger partial charge in [0.2, 0.25) is 11.9 Å². The van der Waals surface area contributed by atoms with Gasteiger partial charge in [0, 0.05) is 11.9 Å². The van der Waals surface area contributed by atoms with E-state index in [1.807, 2.05) is 0 Å². The average molecular weight is 291 g/mol. The van der Waals surface area contributed by atoms with Crippen molar-refractivity contribution >= 4 is 17.5 Å². The van der Waals surface area contributed by atoms with E-state index in [4.69, 9.17) is 5.73 Å². The topological polar surface area (TPSA) is 85.1 Å². The van der Waals surface area contributed by atoms with E-state index in [0.717, 1.165) is 12.3 Å². The number of pyridine rings is 1. The second-order valence-electron chi connectivity index (χ2n) is 4.22. The van der Waals surface area contributed by atoms with Gasteiger partial charge in [0.25, 0.3) is 5.91 Å². The van der Waals surface area contributed by atoms with Crippen molar-refractivity contribution < 1.29 is 18.4 Å². The molecule has 0 radical (unpaired) electrons. The smallest absolute Gasteiger partial charge is 0.258 e. The van der Waals surface area contributed by atoms with E-state index in [0.29, 0.717) is 11.3 Å². The standard InChI is InChI=1S/C14H11F2N3O2/c15-12-9(5-6-18-13(12)16)14(21)19-10-4-2-1-3-8(10)7-11(17)20/h1-6H,7H2,(H2,17,20)(H,19,21). The first-order chi connectivity index (χ1) is 9.99. The molecule has 0 aliphatic rings. The summed E-state index contributed by atoms with van der Waals surface area (Å²) in [6.45, 7) is 0. The zero-order chi connectivity index (χ0) is 15.4. The van der Waals surface area contributed by atoms with E-state index in [2.05, 4.69) is 10.3 Å². The maximum Gasteiger partial charge on any atom is 0.258 e. The molecule has 1 aromatic carbocycles. The van der Waals surface area contributed by atoms with Crippen LogP contribution >= 0.6 is 0 Å². The SMILES string of the molecule is NC(=O)Cc1ccccc1NC(=O)c1ccnc(F)c1F. The van der Waals surface area contributed by atoms with Crippen LogP contribution in [0.4, 0.5) is 14.5 Å². The number of nitrogens with two attached hydrogens (primary N) is 1. The molecule has 0 atom stereocenters. The van der Waals surface area contributed by atoms with Crippen molar-refractivity contribution in [3.63, 3.8) is 0 Å². The van der Waals surface area contributed by atoms with Crippen molar-refractivity contribution in [1.29, 1.82) is 0 Å². The minimum atomic E-state index is -1.35. The van der Waals surface area contributed by atoms with Crippen LogP contribution in [0.1, 0.15) is 15.9 Å². The molecule has 1 heterocycles. The van der Waals surface area contributed by atoms with Gasteiger partial charge in [0.15, 0.2) is 5.82 Å². The first-order valence-electron chi connectivity index (χ1n) is 5.96. The van der Waals surface area contributed by atoms with Crippen LogP contribution in [0.2, 0.25) is 0 Å². The molecule has 3 N–H and O–H groups in total. The van der Waals surface area contributed by atoms with Gasteiger partial charge < -0.3 is 11.1 Å². The Hall–Kier alpha value is -2.83. The third kappa shape index (κ3) is 3.38. The van der Waals surface area contributed by atoms with Gasteiger partial charge in [-0.2, -0.15) is 4.39 Å². The highest BCUT2D eigenvalue weighted by Crippen LogP contribution is 2.18. The van der Waals surface area contributed by atoms with E-state index in [9.17, 15) is 18.4 Å². The van der Waals surface area contributed by atoms with Crippen LogP contribution in [-0.4, -0.2) is 16.8 Å². The molecule has 0 saturated heterocycles. The number of rotatable bonds is 4. The number of nitrogens with zero attached hydrogens (tertiary/aromatic N) is 1. The summed E-state index contributed by atoms with van der Waals surface area (Å²) in [7, 11) is 0. The number of nitrogens with one attached hydrogen (secondary N) is 1. The highest BCUT2D eigenvalue weighted by atomic mass is 19.2. The van der Waals surface area contributed by atoms with Crippen LogP contribution in [0.3, 0.4) is 0 Å². The summed E-state index contributed by atoms with van der Waals surface area (Å²) in [4.78, 5) is 26.0. The Bertz CT molecular complexity index is 704. The molecule has 0 saturated carbocycles. The fourth-order valence-corrected chi connectivity index (χ4v) is 1.77. The molecule has 0 spiro atoms. The minimum absolute atomic E-state index is 0.0797. The highest BCUT2D eigenvalue weighted by Gasteiger charge is 2.17. The molecule has 2 amide bonds. The number of carbonyl (C=O) groups is 2. The van der Waals surface area contributed by atoms with Crippen LogP contribution < -0.4 is 11.1 Å². The monoisotopic (exact) mass is 291 g/mol. The van der Waals surface area contributed by atoms with Crippen LogP contribution in [0.25, 0.3) is 0 Å². The second-order valence-corrected chi connectivity index (χ2v) is 4.22. The van der Waals surface area contributed by atoms with Gasteiger partial charge in [-0.05, 0) is 17.7 Å². The van der Waals surface area contributed by atoms with Crippen LogP contribution in [0.5, 0.6) is 0 Å². The zero-order valence-electron chi connectivity index (χ0n) is 10.8. The summed E-state index contributed by atoms with van der Waals surface area (Å²) in [6, 6.07) is 7.49. The van der Waals surface area contributed by atoms with Crippen LogP contribution in [-0.2, 0) is 11.2 Å². The normalized spacial score (nSPS) is 10.2.